The second-order valence-electron chi connectivity index (χ2n) is 7.17. The Morgan fingerprint density at radius 1 is 1.34 bits per heavy atom. The van der Waals surface area contributed by atoms with Crippen LogP contribution in [0.3, 0.4) is 0 Å². The molecule has 8 heteroatoms. The van der Waals surface area contributed by atoms with E-state index in [4.69, 9.17) is 9.47 Å². The number of non-ortho nitro benzene ring substituents is 1. The number of amides is 1. The van der Waals surface area contributed by atoms with Crippen molar-refractivity contribution in [2.24, 2.45) is 0 Å². The van der Waals surface area contributed by atoms with Gasteiger partial charge in [0.25, 0.3) is 11.6 Å². The number of carbonyl (C=O) groups excluding carboxylic acids is 1. The Labute approximate surface area is 169 Å². The van der Waals surface area contributed by atoms with E-state index in [0.717, 1.165) is 23.3 Å². The molecule has 2 aromatic rings. The number of ether oxygens (including phenoxy) is 2. The van der Waals surface area contributed by atoms with E-state index in [1.807, 2.05) is 26.0 Å². The smallest absolute Gasteiger partial charge is 0.270 e. The molecule has 2 aromatic carbocycles. The zero-order valence-corrected chi connectivity index (χ0v) is 17.0. The van der Waals surface area contributed by atoms with Gasteiger partial charge in [0.1, 0.15) is 17.6 Å². The van der Waals surface area contributed by atoms with Crippen LogP contribution in [0.1, 0.15) is 35.3 Å². The zero-order valence-electron chi connectivity index (χ0n) is 17.0. The summed E-state index contributed by atoms with van der Waals surface area (Å²) in [6.07, 6.45) is 0.930. The fraction of sp³-hybridized carbons (Fsp3) is 0.381. The van der Waals surface area contributed by atoms with Gasteiger partial charge in [-0.3, -0.25) is 14.9 Å². The molecule has 0 saturated heterocycles. The summed E-state index contributed by atoms with van der Waals surface area (Å²) in [7, 11) is 3.56. The molecule has 0 aliphatic carbocycles. The van der Waals surface area contributed by atoms with Crippen LogP contribution < -0.4 is 19.7 Å². The zero-order chi connectivity index (χ0) is 21.1. The van der Waals surface area contributed by atoms with E-state index in [1.54, 1.807) is 25.1 Å². The SMILES string of the molecule is CCOc1cc2c(cc1CNC(=O)c1cc([N+](=O)[O-])ccc1N(C)C)OC(C)C2. The molecule has 1 atom stereocenters. The van der Waals surface area contributed by atoms with Crippen LogP contribution in [0.4, 0.5) is 11.4 Å². The molecule has 1 heterocycles. The first-order valence-corrected chi connectivity index (χ1v) is 9.49. The number of carbonyl (C=O) groups is 1. The standard InChI is InChI=1S/C21H25N3O5/c1-5-28-19-9-14-8-13(2)29-20(14)10-15(19)12-22-21(25)17-11-16(24(26)27)6-7-18(17)23(3)4/h6-7,9-11,13H,5,8,12H2,1-4H3,(H,22,25). The number of nitro groups is 1. The number of nitrogens with one attached hydrogen (secondary N) is 1. The third-order valence-electron chi connectivity index (χ3n) is 4.74. The molecule has 1 amide bonds. The van der Waals surface area contributed by atoms with Crippen LogP contribution in [0.15, 0.2) is 30.3 Å². The highest BCUT2D eigenvalue weighted by Gasteiger charge is 2.23. The molecular formula is C21H25N3O5. The Bertz CT molecular complexity index is 942. The number of hydrogen-bond acceptors (Lipinski definition) is 6. The van der Waals surface area contributed by atoms with Gasteiger partial charge in [0, 0.05) is 56.0 Å². The fourth-order valence-corrected chi connectivity index (χ4v) is 3.39. The molecule has 0 saturated carbocycles. The van der Waals surface area contributed by atoms with E-state index >= 15 is 0 Å². The molecule has 1 aliphatic heterocycles. The third-order valence-corrected chi connectivity index (χ3v) is 4.74. The summed E-state index contributed by atoms with van der Waals surface area (Å²) in [5.41, 5.74) is 2.60. The maximum Gasteiger partial charge on any atom is 0.270 e. The monoisotopic (exact) mass is 399 g/mol. The number of hydrogen-bond donors (Lipinski definition) is 1. The van der Waals surface area contributed by atoms with Crippen molar-refractivity contribution in [1.29, 1.82) is 0 Å². The summed E-state index contributed by atoms with van der Waals surface area (Å²) in [5.74, 6) is 1.11. The van der Waals surface area contributed by atoms with Crippen molar-refractivity contribution < 1.29 is 19.2 Å². The average Bonchev–Trinajstić information content (AvgIpc) is 3.04. The molecule has 154 valence electrons. The molecule has 0 aromatic heterocycles. The van der Waals surface area contributed by atoms with Crippen LogP contribution in [0.25, 0.3) is 0 Å². The first-order chi connectivity index (χ1) is 13.8. The lowest BCUT2D eigenvalue weighted by atomic mass is 10.1. The van der Waals surface area contributed by atoms with Gasteiger partial charge in [0.15, 0.2) is 0 Å². The second kappa shape index (κ2) is 8.38. The molecule has 29 heavy (non-hydrogen) atoms. The van der Waals surface area contributed by atoms with E-state index < -0.39 is 10.8 Å². The fourth-order valence-electron chi connectivity index (χ4n) is 3.39. The molecular weight excluding hydrogens is 374 g/mol. The van der Waals surface area contributed by atoms with Gasteiger partial charge in [0.05, 0.1) is 17.1 Å². The summed E-state index contributed by atoms with van der Waals surface area (Å²) in [5, 5.41) is 14.0. The number of nitro benzene ring substituents is 1. The van der Waals surface area contributed by atoms with Gasteiger partial charge in [-0.05, 0) is 32.0 Å². The topological polar surface area (TPSA) is 93.9 Å². The van der Waals surface area contributed by atoms with E-state index in [0.29, 0.717) is 18.0 Å². The minimum absolute atomic E-state index is 0.108. The van der Waals surface area contributed by atoms with Crippen LogP contribution >= 0.6 is 0 Å². The molecule has 0 radical (unpaired) electrons. The van der Waals surface area contributed by atoms with Crippen molar-refractivity contribution in [3.05, 3.63) is 57.1 Å². The average molecular weight is 399 g/mol. The van der Waals surface area contributed by atoms with Crippen molar-refractivity contribution in [2.75, 3.05) is 25.6 Å². The maximum absolute atomic E-state index is 12.8. The first-order valence-electron chi connectivity index (χ1n) is 9.49. The van der Waals surface area contributed by atoms with Crippen molar-refractivity contribution in [2.45, 2.75) is 32.9 Å². The van der Waals surface area contributed by atoms with Gasteiger partial charge in [-0.1, -0.05) is 0 Å². The largest absolute Gasteiger partial charge is 0.494 e. The lowest BCUT2D eigenvalue weighted by Gasteiger charge is -2.18. The second-order valence-corrected chi connectivity index (χ2v) is 7.17. The van der Waals surface area contributed by atoms with E-state index in [-0.39, 0.29) is 23.9 Å². The highest BCUT2D eigenvalue weighted by atomic mass is 16.6. The molecule has 1 aliphatic rings. The van der Waals surface area contributed by atoms with Gasteiger partial charge in [-0.25, -0.2) is 0 Å². The van der Waals surface area contributed by atoms with E-state index in [9.17, 15) is 14.9 Å². The molecule has 8 nitrogen and oxygen atoms in total. The van der Waals surface area contributed by atoms with Gasteiger partial charge in [-0.15, -0.1) is 0 Å². The number of benzene rings is 2. The molecule has 0 spiro atoms. The summed E-state index contributed by atoms with van der Waals surface area (Å²) in [6, 6.07) is 8.11. The van der Waals surface area contributed by atoms with Crippen molar-refractivity contribution >= 4 is 17.3 Å². The van der Waals surface area contributed by atoms with Crippen molar-refractivity contribution in [1.82, 2.24) is 5.32 Å². The Balaban J connectivity index is 1.85. The van der Waals surface area contributed by atoms with Gasteiger partial charge in [0.2, 0.25) is 0 Å². The van der Waals surface area contributed by atoms with Crippen LogP contribution in [0, 0.1) is 10.1 Å². The minimum atomic E-state index is -0.511. The van der Waals surface area contributed by atoms with Crippen molar-refractivity contribution in [3.8, 4) is 11.5 Å². The highest BCUT2D eigenvalue weighted by Crippen LogP contribution is 2.35. The number of anilines is 1. The van der Waals surface area contributed by atoms with Crippen LogP contribution in [0.5, 0.6) is 11.5 Å². The normalized spacial score (nSPS) is 14.7. The van der Waals surface area contributed by atoms with Crippen molar-refractivity contribution in [3.63, 3.8) is 0 Å². The summed E-state index contributed by atoms with van der Waals surface area (Å²) >= 11 is 0. The Kier molecular flexibility index (Phi) is 5.91. The Morgan fingerprint density at radius 3 is 2.76 bits per heavy atom. The van der Waals surface area contributed by atoms with Gasteiger partial charge in [-0.2, -0.15) is 0 Å². The lowest BCUT2D eigenvalue weighted by molar-refractivity contribution is -0.384. The Morgan fingerprint density at radius 2 is 2.10 bits per heavy atom. The molecule has 0 fully saturated rings. The third kappa shape index (κ3) is 4.42. The van der Waals surface area contributed by atoms with Crippen LogP contribution in [0.2, 0.25) is 0 Å². The summed E-state index contributed by atoms with van der Waals surface area (Å²) < 4.78 is 11.6. The minimum Gasteiger partial charge on any atom is -0.494 e. The van der Waals surface area contributed by atoms with E-state index in [1.165, 1.54) is 12.1 Å². The quantitative estimate of drug-likeness (QED) is 0.567. The molecule has 3 rings (SSSR count). The summed E-state index contributed by atoms with van der Waals surface area (Å²) in [4.78, 5) is 25.2. The first kappa shape index (κ1) is 20.4. The van der Waals surface area contributed by atoms with Crippen LogP contribution in [-0.4, -0.2) is 37.6 Å². The molecule has 1 N–H and O–H groups in total. The number of fused-ring (bicyclic) bond motifs is 1. The predicted molar refractivity (Wildman–Crippen MR) is 110 cm³/mol. The number of rotatable bonds is 7. The lowest BCUT2D eigenvalue weighted by Crippen LogP contribution is -2.25. The van der Waals surface area contributed by atoms with Crippen LogP contribution in [-0.2, 0) is 13.0 Å². The predicted octanol–water partition coefficient (Wildman–Crippen LogP) is 3.31. The molecule has 1 unspecified atom stereocenters. The molecule has 0 bridgehead atoms. The highest BCUT2D eigenvalue weighted by molar-refractivity contribution is 6.00. The summed E-state index contributed by atoms with van der Waals surface area (Å²) in [6.45, 7) is 4.63. The Hall–Kier alpha value is -3.29. The van der Waals surface area contributed by atoms with Gasteiger partial charge < -0.3 is 19.7 Å². The maximum atomic E-state index is 12.8. The van der Waals surface area contributed by atoms with E-state index in [2.05, 4.69) is 5.32 Å². The van der Waals surface area contributed by atoms with Gasteiger partial charge >= 0.3 is 0 Å². The number of nitrogens with zero attached hydrogens (tertiary/aromatic N) is 2.